The van der Waals surface area contributed by atoms with Gasteiger partial charge in [-0.3, -0.25) is 0 Å². The number of halogens is 1. The molecule has 2 bridgehead atoms. The summed E-state index contributed by atoms with van der Waals surface area (Å²) in [5.74, 6) is 3.96. The van der Waals surface area contributed by atoms with Crippen LogP contribution in [0.4, 0.5) is 0 Å². The topological polar surface area (TPSA) is 60.2 Å². The zero-order valence-corrected chi connectivity index (χ0v) is 17.1. The molecule has 150 valence electrons. The van der Waals surface area contributed by atoms with Crippen molar-refractivity contribution in [1.29, 1.82) is 0 Å². The molecular formula is C22H28ClN3O2. The minimum absolute atomic E-state index is 0.315. The molecular weight excluding hydrogens is 374 g/mol. The number of nitrogens with zero attached hydrogens (tertiary/aromatic N) is 2. The number of methoxy groups -OCH3 is 1. The maximum Gasteiger partial charge on any atom is 0.231 e. The Morgan fingerprint density at radius 2 is 1.86 bits per heavy atom. The molecule has 4 unspecified atom stereocenters. The van der Waals surface area contributed by atoms with Crippen molar-refractivity contribution in [3.8, 4) is 17.1 Å². The maximum atomic E-state index is 6.37. The number of rotatable bonds is 4. The highest BCUT2D eigenvalue weighted by atomic mass is 35.5. The molecule has 3 heterocycles. The Morgan fingerprint density at radius 3 is 2.61 bits per heavy atom. The van der Waals surface area contributed by atoms with E-state index >= 15 is 0 Å². The quantitative estimate of drug-likeness (QED) is 0.748. The number of piperidine rings is 1. The summed E-state index contributed by atoms with van der Waals surface area (Å²) >= 11 is 6.37. The van der Waals surface area contributed by atoms with Crippen LogP contribution in [0, 0.1) is 11.8 Å². The predicted molar refractivity (Wildman–Crippen MR) is 109 cm³/mol. The van der Waals surface area contributed by atoms with E-state index in [1.807, 2.05) is 24.3 Å². The van der Waals surface area contributed by atoms with Gasteiger partial charge in [0.2, 0.25) is 11.7 Å². The van der Waals surface area contributed by atoms with Crippen molar-refractivity contribution >= 4 is 11.6 Å². The third-order valence-corrected chi connectivity index (χ3v) is 7.55. The third-order valence-electron chi connectivity index (χ3n) is 7.11. The molecule has 1 saturated carbocycles. The molecule has 5 nitrogen and oxygen atoms in total. The number of alkyl halides is 1. The van der Waals surface area contributed by atoms with Crippen molar-refractivity contribution in [3.05, 3.63) is 30.2 Å². The molecule has 2 aliphatic heterocycles. The van der Waals surface area contributed by atoms with Gasteiger partial charge in [-0.1, -0.05) is 5.16 Å². The maximum absolute atomic E-state index is 6.37. The molecule has 3 aliphatic rings. The van der Waals surface area contributed by atoms with Crippen LogP contribution in [0.3, 0.4) is 0 Å². The third kappa shape index (κ3) is 3.43. The van der Waals surface area contributed by atoms with Crippen LogP contribution in [-0.4, -0.2) is 34.7 Å². The van der Waals surface area contributed by atoms with Gasteiger partial charge in [0.1, 0.15) is 5.75 Å². The lowest BCUT2D eigenvalue weighted by Crippen LogP contribution is -2.47. The predicted octanol–water partition coefficient (Wildman–Crippen LogP) is 4.77. The van der Waals surface area contributed by atoms with Crippen molar-refractivity contribution in [2.75, 3.05) is 7.11 Å². The first-order valence-electron chi connectivity index (χ1n) is 10.6. The number of hydrogen-bond acceptors (Lipinski definition) is 5. The molecule has 1 aromatic carbocycles. The summed E-state index contributed by atoms with van der Waals surface area (Å²) in [6, 6.07) is 8.95. The number of fused-ring (bicyclic) bond motifs is 2. The zero-order chi connectivity index (χ0) is 19.1. The van der Waals surface area contributed by atoms with E-state index in [0.29, 0.717) is 35.1 Å². The van der Waals surface area contributed by atoms with Crippen LogP contribution in [0.25, 0.3) is 11.4 Å². The first-order valence-corrected chi connectivity index (χ1v) is 11.0. The fourth-order valence-electron chi connectivity index (χ4n) is 5.67. The molecule has 5 rings (SSSR count). The number of nitrogens with one attached hydrogen (secondary N) is 1. The van der Waals surface area contributed by atoms with E-state index in [-0.39, 0.29) is 0 Å². The summed E-state index contributed by atoms with van der Waals surface area (Å²) < 4.78 is 11.1. The second kappa shape index (κ2) is 7.68. The lowest BCUT2D eigenvalue weighted by atomic mass is 9.68. The first kappa shape index (κ1) is 18.4. The minimum atomic E-state index is 0.315. The molecule has 1 aliphatic carbocycles. The number of benzene rings is 1. The van der Waals surface area contributed by atoms with Crippen LogP contribution in [-0.2, 0) is 0 Å². The van der Waals surface area contributed by atoms with E-state index in [1.165, 1.54) is 32.1 Å². The second-order valence-electron chi connectivity index (χ2n) is 8.67. The average molecular weight is 402 g/mol. The second-order valence-corrected chi connectivity index (χ2v) is 9.29. The highest BCUT2D eigenvalue weighted by Crippen LogP contribution is 2.48. The van der Waals surface area contributed by atoms with E-state index in [1.54, 1.807) is 7.11 Å². The molecule has 4 atom stereocenters. The van der Waals surface area contributed by atoms with Gasteiger partial charge in [0.05, 0.1) is 13.0 Å². The molecule has 3 fully saturated rings. The number of aromatic nitrogens is 2. The van der Waals surface area contributed by atoms with Crippen LogP contribution in [0.1, 0.15) is 56.8 Å². The number of hydrogen-bond donors (Lipinski definition) is 1. The van der Waals surface area contributed by atoms with Gasteiger partial charge >= 0.3 is 0 Å². The van der Waals surface area contributed by atoms with Crippen molar-refractivity contribution in [1.82, 2.24) is 15.5 Å². The Balaban J connectivity index is 1.41. The Hall–Kier alpha value is -1.59. The van der Waals surface area contributed by atoms with Gasteiger partial charge in [-0.25, -0.2) is 0 Å². The Morgan fingerprint density at radius 1 is 1.07 bits per heavy atom. The van der Waals surface area contributed by atoms with Gasteiger partial charge in [-0.15, -0.1) is 11.6 Å². The molecule has 1 aromatic heterocycles. The molecule has 0 amide bonds. The minimum Gasteiger partial charge on any atom is -0.497 e. The Labute approximate surface area is 171 Å². The zero-order valence-electron chi connectivity index (χ0n) is 16.3. The van der Waals surface area contributed by atoms with E-state index in [9.17, 15) is 0 Å². The SMILES string of the molecule is COc1ccc(-c2noc(C3C4CCC(CC3C3CCC(Cl)CC3)N4)n2)cc1. The van der Waals surface area contributed by atoms with E-state index < -0.39 is 0 Å². The van der Waals surface area contributed by atoms with Gasteiger partial charge in [0, 0.05) is 23.0 Å². The lowest BCUT2D eigenvalue weighted by Gasteiger charge is -2.42. The van der Waals surface area contributed by atoms with Crippen LogP contribution in [0.15, 0.2) is 28.8 Å². The summed E-state index contributed by atoms with van der Waals surface area (Å²) in [6.07, 6.45) is 8.43. The smallest absolute Gasteiger partial charge is 0.231 e. The summed E-state index contributed by atoms with van der Waals surface area (Å²) in [4.78, 5) is 4.85. The lowest BCUT2D eigenvalue weighted by molar-refractivity contribution is 0.128. The summed E-state index contributed by atoms with van der Waals surface area (Å²) in [5.41, 5.74) is 0.961. The van der Waals surface area contributed by atoms with E-state index in [0.717, 1.165) is 36.0 Å². The van der Waals surface area contributed by atoms with Gasteiger partial charge in [-0.05, 0) is 81.0 Å². The Kier molecular flexibility index (Phi) is 5.06. The molecule has 28 heavy (non-hydrogen) atoms. The van der Waals surface area contributed by atoms with Gasteiger partial charge in [0.15, 0.2) is 0 Å². The summed E-state index contributed by atoms with van der Waals surface area (Å²) in [6.45, 7) is 0. The van der Waals surface area contributed by atoms with Crippen LogP contribution in [0.2, 0.25) is 0 Å². The van der Waals surface area contributed by atoms with Crippen molar-refractivity contribution in [2.24, 2.45) is 11.8 Å². The van der Waals surface area contributed by atoms with Gasteiger partial charge < -0.3 is 14.6 Å². The van der Waals surface area contributed by atoms with Crippen LogP contribution < -0.4 is 10.1 Å². The Bertz CT molecular complexity index is 800. The molecule has 1 N–H and O–H groups in total. The molecule has 2 saturated heterocycles. The van der Waals surface area contributed by atoms with E-state index in [4.69, 9.17) is 25.8 Å². The largest absolute Gasteiger partial charge is 0.497 e. The highest BCUT2D eigenvalue weighted by molar-refractivity contribution is 6.20. The monoisotopic (exact) mass is 401 g/mol. The van der Waals surface area contributed by atoms with E-state index in [2.05, 4.69) is 10.5 Å². The van der Waals surface area contributed by atoms with Gasteiger partial charge in [0.25, 0.3) is 0 Å². The van der Waals surface area contributed by atoms with Crippen LogP contribution >= 0.6 is 11.6 Å². The molecule has 6 heteroatoms. The fourth-order valence-corrected chi connectivity index (χ4v) is 5.92. The molecule has 0 spiro atoms. The average Bonchev–Trinajstić information content (AvgIpc) is 3.36. The van der Waals surface area contributed by atoms with Crippen molar-refractivity contribution in [2.45, 2.75) is 68.3 Å². The highest BCUT2D eigenvalue weighted by Gasteiger charge is 2.47. The van der Waals surface area contributed by atoms with Crippen LogP contribution in [0.5, 0.6) is 5.75 Å². The summed E-state index contributed by atoms with van der Waals surface area (Å²) in [5, 5.41) is 8.49. The summed E-state index contributed by atoms with van der Waals surface area (Å²) in [7, 11) is 1.67. The standard InChI is InChI=1S/C22H28ClN3O2/c1-27-17-9-4-14(5-10-17)21-25-22(28-26-21)20-18(12-16-8-11-19(20)24-16)13-2-6-15(23)7-3-13/h4-5,9-10,13,15-16,18-20,24H,2-3,6-8,11-12H2,1H3. The van der Waals surface area contributed by atoms with Crippen molar-refractivity contribution < 1.29 is 9.26 Å². The fraction of sp³-hybridized carbons (Fsp3) is 0.636. The van der Waals surface area contributed by atoms with Crippen molar-refractivity contribution in [3.63, 3.8) is 0 Å². The first-order chi connectivity index (χ1) is 13.7. The normalized spacial score (nSPS) is 35.1. The van der Waals surface area contributed by atoms with Gasteiger partial charge in [-0.2, -0.15) is 4.98 Å². The molecule has 2 aromatic rings. The number of ether oxygens (including phenoxy) is 1. The molecule has 0 radical (unpaired) electrons.